The molecule has 0 aliphatic carbocycles. The lowest BCUT2D eigenvalue weighted by molar-refractivity contribution is 0.590. The van der Waals surface area contributed by atoms with Crippen LogP contribution in [0.3, 0.4) is 0 Å². The Hall–Kier alpha value is -3.80. The van der Waals surface area contributed by atoms with Crippen LogP contribution in [-0.2, 0) is 10.8 Å². The van der Waals surface area contributed by atoms with Gasteiger partial charge in [-0.3, -0.25) is 9.98 Å². The van der Waals surface area contributed by atoms with Crippen molar-refractivity contribution in [2.24, 2.45) is 9.98 Å². The van der Waals surface area contributed by atoms with Gasteiger partial charge in [0, 0.05) is 22.2 Å². The molecular formula is C41H43BN2S2. The highest BCUT2D eigenvalue weighted by Crippen LogP contribution is 2.28. The summed E-state index contributed by atoms with van der Waals surface area (Å²) in [6, 6.07) is 26.5. The van der Waals surface area contributed by atoms with Gasteiger partial charge in [0.1, 0.15) is 0 Å². The van der Waals surface area contributed by atoms with Crippen LogP contribution in [-0.4, -0.2) is 19.1 Å². The van der Waals surface area contributed by atoms with Crippen molar-refractivity contribution in [3.8, 4) is 0 Å². The fraction of sp³-hybridized carbons (Fsp3) is 0.268. The van der Waals surface area contributed by atoms with Crippen LogP contribution in [0, 0.1) is 20.8 Å². The molecule has 0 fully saturated rings. The molecule has 1 aliphatic rings. The fourth-order valence-corrected chi connectivity index (χ4v) is 8.66. The van der Waals surface area contributed by atoms with E-state index in [1.54, 1.807) is 0 Å². The van der Waals surface area contributed by atoms with Gasteiger partial charge < -0.3 is 0 Å². The molecule has 2 nitrogen and oxygen atoms in total. The van der Waals surface area contributed by atoms with E-state index in [0.717, 1.165) is 11.4 Å². The van der Waals surface area contributed by atoms with Crippen molar-refractivity contribution in [2.75, 3.05) is 0 Å². The van der Waals surface area contributed by atoms with E-state index in [2.05, 4.69) is 147 Å². The van der Waals surface area contributed by atoms with Crippen molar-refractivity contribution in [2.45, 2.75) is 73.1 Å². The van der Waals surface area contributed by atoms with Gasteiger partial charge in [0.05, 0.1) is 11.4 Å². The summed E-state index contributed by atoms with van der Waals surface area (Å²) in [4.78, 5) is 12.1. The Balaban J connectivity index is 1.37. The summed E-state index contributed by atoms with van der Waals surface area (Å²) in [6.45, 7) is 20.3. The van der Waals surface area contributed by atoms with E-state index in [1.807, 2.05) is 35.1 Å². The first-order valence-electron chi connectivity index (χ1n) is 16.1. The summed E-state index contributed by atoms with van der Waals surface area (Å²) in [7, 11) is 0. The Labute approximate surface area is 283 Å². The normalized spacial score (nSPS) is 13.5. The maximum absolute atomic E-state index is 4.88. The predicted molar refractivity (Wildman–Crippen MR) is 208 cm³/mol. The van der Waals surface area contributed by atoms with Crippen LogP contribution < -0.4 is 15.0 Å². The SMILES string of the molecule is Cc1cc(C)c(B2c3sc(C=Nc4ccc(C(C)(C)C)cc4)cc3C=Cc3cc(C=Nc4ccc(C(C)(C)C)cc4)sc32)c(C)c1. The quantitative estimate of drug-likeness (QED) is 0.133. The largest absolute Gasteiger partial charge is 0.268 e. The van der Waals surface area contributed by atoms with Crippen LogP contribution in [0.5, 0.6) is 0 Å². The Bertz CT molecular complexity index is 1830. The lowest BCUT2D eigenvalue weighted by Crippen LogP contribution is -2.53. The molecule has 0 saturated carbocycles. The van der Waals surface area contributed by atoms with E-state index in [1.165, 1.54) is 63.7 Å². The average molecular weight is 639 g/mol. The van der Waals surface area contributed by atoms with Crippen LogP contribution in [0.2, 0.25) is 0 Å². The second-order valence-electron chi connectivity index (χ2n) is 14.6. The van der Waals surface area contributed by atoms with E-state index >= 15 is 0 Å². The molecular weight excluding hydrogens is 595 g/mol. The van der Waals surface area contributed by atoms with E-state index in [-0.39, 0.29) is 17.5 Å². The monoisotopic (exact) mass is 638 g/mol. The van der Waals surface area contributed by atoms with E-state index in [0.29, 0.717) is 0 Å². The Kier molecular flexibility index (Phi) is 8.69. The number of thiophene rings is 2. The molecule has 0 unspecified atom stereocenters. The molecule has 232 valence electrons. The number of hydrogen-bond acceptors (Lipinski definition) is 4. The van der Waals surface area contributed by atoms with Gasteiger partial charge >= 0.3 is 0 Å². The number of aliphatic imine (C=N–C) groups is 2. The minimum atomic E-state index is 0.130. The molecule has 5 heteroatoms. The van der Waals surface area contributed by atoms with Gasteiger partial charge in [0.15, 0.2) is 0 Å². The van der Waals surface area contributed by atoms with E-state index in [4.69, 9.17) is 9.98 Å². The molecule has 0 atom stereocenters. The third-order valence-corrected chi connectivity index (χ3v) is 11.1. The zero-order valence-corrected chi connectivity index (χ0v) is 30.2. The smallest absolute Gasteiger partial charge is 0.255 e. The number of nitrogens with zero attached hydrogens (tertiary/aromatic N) is 2. The molecule has 3 heterocycles. The zero-order valence-electron chi connectivity index (χ0n) is 28.5. The first-order chi connectivity index (χ1) is 21.8. The van der Waals surface area contributed by atoms with Crippen LogP contribution in [0.4, 0.5) is 11.4 Å². The minimum absolute atomic E-state index is 0.130. The maximum Gasteiger partial charge on any atom is 0.268 e. The van der Waals surface area contributed by atoms with Gasteiger partial charge in [-0.2, -0.15) is 0 Å². The maximum atomic E-state index is 4.88. The van der Waals surface area contributed by atoms with Crippen molar-refractivity contribution in [3.05, 3.63) is 121 Å². The van der Waals surface area contributed by atoms with Gasteiger partial charge in [0.25, 0.3) is 6.71 Å². The third-order valence-electron chi connectivity index (χ3n) is 8.76. The number of benzene rings is 3. The molecule has 0 amide bonds. The van der Waals surface area contributed by atoms with Gasteiger partial charge in [0.2, 0.25) is 0 Å². The summed E-state index contributed by atoms with van der Waals surface area (Å²) in [5, 5.41) is 0. The summed E-state index contributed by atoms with van der Waals surface area (Å²) in [5.41, 5.74) is 12.8. The second kappa shape index (κ2) is 12.4. The molecule has 6 rings (SSSR count). The van der Waals surface area contributed by atoms with Crippen molar-refractivity contribution in [3.63, 3.8) is 0 Å². The highest BCUT2D eigenvalue weighted by atomic mass is 32.1. The number of fused-ring (bicyclic) bond motifs is 2. The van der Waals surface area contributed by atoms with Crippen LogP contribution in [0.25, 0.3) is 12.2 Å². The standard InChI is InChI=1S/C41H43BN2S2/c1-26-20-27(2)37(28(3)21-26)42-38-29(22-35(45-38)24-43-33-16-12-31(13-17-33)40(4,5)6)10-11-30-23-36(46-39(30)42)25-44-34-18-14-32(15-19-34)41(7,8)9/h10-25H,1-9H3. The zero-order chi connectivity index (χ0) is 32.8. The number of aryl methyl sites for hydroxylation is 3. The van der Waals surface area contributed by atoms with E-state index in [9.17, 15) is 0 Å². The van der Waals surface area contributed by atoms with Crippen molar-refractivity contribution in [1.29, 1.82) is 0 Å². The molecule has 0 spiro atoms. The summed E-state index contributed by atoms with van der Waals surface area (Å²) in [6.07, 6.45) is 8.64. The Morgan fingerprint density at radius 2 is 0.957 bits per heavy atom. The van der Waals surface area contributed by atoms with Crippen LogP contribution >= 0.6 is 22.7 Å². The highest BCUT2D eigenvalue weighted by Gasteiger charge is 2.33. The molecule has 0 saturated heterocycles. The van der Waals surface area contributed by atoms with Gasteiger partial charge in [-0.1, -0.05) is 112 Å². The molecule has 5 aromatic rings. The topological polar surface area (TPSA) is 24.7 Å². The lowest BCUT2D eigenvalue weighted by Gasteiger charge is -2.19. The van der Waals surface area contributed by atoms with Gasteiger partial charge in [-0.25, -0.2) is 0 Å². The Morgan fingerprint density at radius 1 is 0.565 bits per heavy atom. The van der Waals surface area contributed by atoms with Crippen molar-refractivity contribution in [1.82, 2.24) is 0 Å². The third kappa shape index (κ3) is 6.82. The van der Waals surface area contributed by atoms with Crippen LogP contribution in [0.1, 0.15) is 90.2 Å². The van der Waals surface area contributed by atoms with Crippen LogP contribution in [0.15, 0.2) is 82.8 Å². The molecule has 3 aromatic carbocycles. The average Bonchev–Trinajstić information content (AvgIpc) is 3.56. The first kappa shape index (κ1) is 32.2. The predicted octanol–water partition coefficient (Wildman–Crippen LogP) is 9.83. The summed E-state index contributed by atoms with van der Waals surface area (Å²) < 4.78 is 2.75. The van der Waals surface area contributed by atoms with Crippen molar-refractivity contribution >= 4 is 80.4 Å². The highest BCUT2D eigenvalue weighted by molar-refractivity contribution is 7.36. The van der Waals surface area contributed by atoms with Gasteiger partial charge in [-0.05, 0) is 99.8 Å². The molecule has 2 aromatic heterocycles. The lowest BCUT2D eigenvalue weighted by atomic mass is 9.40. The van der Waals surface area contributed by atoms with Crippen molar-refractivity contribution < 1.29 is 0 Å². The molecule has 1 aliphatic heterocycles. The molecule has 0 N–H and O–H groups in total. The summed E-state index contributed by atoms with van der Waals surface area (Å²) in [5.74, 6) is 0. The molecule has 0 radical (unpaired) electrons. The molecule has 46 heavy (non-hydrogen) atoms. The second-order valence-corrected chi connectivity index (χ2v) is 16.9. The van der Waals surface area contributed by atoms with Gasteiger partial charge in [-0.15, -0.1) is 22.7 Å². The molecule has 0 bridgehead atoms. The minimum Gasteiger partial charge on any atom is -0.255 e. The summed E-state index contributed by atoms with van der Waals surface area (Å²) >= 11 is 3.72. The Morgan fingerprint density at radius 3 is 1.33 bits per heavy atom. The number of rotatable bonds is 5. The van der Waals surface area contributed by atoms with E-state index < -0.39 is 0 Å². The first-order valence-corrected chi connectivity index (χ1v) is 17.7. The fourth-order valence-electron chi connectivity index (χ4n) is 6.30. The number of hydrogen-bond donors (Lipinski definition) is 0.